The van der Waals surface area contributed by atoms with Crippen molar-refractivity contribution in [1.29, 1.82) is 0 Å². The lowest BCUT2D eigenvalue weighted by Gasteiger charge is -2.26. The molecule has 7 heteroatoms. The van der Waals surface area contributed by atoms with Gasteiger partial charge in [-0.1, -0.05) is 32.4 Å². The molecule has 2 N–H and O–H groups in total. The molecule has 1 aliphatic rings. The monoisotopic (exact) mass is 380 g/mol. The van der Waals surface area contributed by atoms with Gasteiger partial charge in [-0.3, -0.25) is 4.99 Å². The fraction of sp³-hybridized carbons (Fsp3) is 0.632. The molecule has 0 spiro atoms. The van der Waals surface area contributed by atoms with Crippen LogP contribution in [0.25, 0.3) is 0 Å². The number of rotatable bonds is 6. The Labute approximate surface area is 158 Å². The van der Waals surface area contributed by atoms with Gasteiger partial charge in [-0.15, -0.1) is 0 Å². The molecule has 1 saturated heterocycles. The number of piperidine rings is 1. The van der Waals surface area contributed by atoms with Crippen LogP contribution < -0.4 is 10.6 Å². The predicted molar refractivity (Wildman–Crippen MR) is 107 cm³/mol. The van der Waals surface area contributed by atoms with Crippen molar-refractivity contribution in [2.45, 2.75) is 57.5 Å². The van der Waals surface area contributed by atoms with E-state index in [1.54, 1.807) is 29.6 Å². The molecular formula is C19H32N4O2S. The van der Waals surface area contributed by atoms with Gasteiger partial charge in [0, 0.05) is 32.7 Å². The third-order valence-electron chi connectivity index (χ3n) is 4.90. The van der Waals surface area contributed by atoms with Crippen molar-refractivity contribution >= 4 is 16.0 Å². The molecule has 1 aromatic rings. The topological polar surface area (TPSA) is 73.8 Å². The Morgan fingerprint density at radius 2 is 1.88 bits per heavy atom. The average Bonchev–Trinajstić information content (AvgIpc) is 2.65. The summed E-state index contributed by atoms with van der Waals surface area (Å²) in [5.74, 6) is 1.21. The largest absolute Gasteiger partial charge is 0.354 e. The lowest BCUT2D eigenvalue weighted by atomic mass is 10.1. The quantitative estimate of drug-likeness (QED) is 0.588. The third-order valence-corrected chi connectivity index (χ3v) is 6.79. The zero-order valence-corrected chi connectivity index (χ0v) is 17.1. The van der Waals surface area contributed by atoms with Gasteiger partial charge in [0.05, 0.1) is 4.90 Å². The number of guanidine groups is 1. The molecule has 0 amide bonds. The van der Waals surface area contributed by atoms with E-state index in [1.165, 1.54) is 0 Å². The zero-order valence-electron chi connectivity index (χ0n) is 16.3. The molecule has 1 fully saturated rings. The van der Waals surface area contributed by atoms with Gasteiger partial charge in [-0.25, -0.2) is 8.42 Å². The van der Waals surface area contributed by atoms with Crippen LogP contribution in [0, 0.1) is 5.92 Å². The van der Waals surface area contributed by atoms with E-state index in [9.17, 15) is 8.42 Å². The van der Waals surface area contributed by atoms with Gasteiger partial charge >= 0.3 is 0 Å². The Hall–Kier alpha value is -1.60. The van der Waals surface area contributed by atoms with Gasteiger partial charge < -0.3 is 10.6 Å². The minimum Gasteiger partial charge on any atom is -0.354 e. The van der Waals surface area contributed by atoms with Crippen molar-refractivity contribution in [2.75, 3.05) is 20.1 Å². The van der Waals surface area contributed by atoms with E-state index in [2.05, 4.69) is 36.4 Å². The lowest BCUT2D eigenvalue weighted by molar-refractivity contribution is 0.346. The first-order valence-electron chi connectivity index (χ1n) is 9.41. The minimum absolute atomic E-state index is 0.298. The molecule has 0 aromatic heterocycles. The fourth-order valence-electron chi connectivity index (χ4n) is 2.83. The summed E-state index contributed by atoms with van der Waals surface area (Å²) in [5.41, 5.74) is 0.920. The Kier molecular flexibility index (Phi) is 7.46. The summed E-state index contributed by atoms with van der Waals surface area (Å²) in [6, 6.07) is 7.48. The number of nitrogens with zero attached hydrogens (tertiary/aromatic N) is 2. The smallest absolute Gasteiger partial charge is 0.243 e. The maximum Gasteiger partial charge on any atom is 0.243 e. The summed E-state index contributed by atoms with van der Waals surface area (Å²) in [7, 11) is -1.66. The van der Waals surface area contributed by atoms with Gasteiger partial charge in [-0.2, -0.15) is 4.31 Å². The first-order chi connectivity index (χ1) is 12.3. The van der Waals surface area contributed by atoms with Crippen LogP contribution in [0.3, 0.4) is 0 Å². The SMILES string of the molecule is CN=C(NCc1cccc(S(=O)(=O)N2CCCCC2)c1)NC(C)C(C)C. The molecule has 1 aromatic carbocycles. The highest BCUT2D eigenvalue weighted by Gasteiger charge is 2.25. The van der Waals surface area contributed by atoms with E-state index in [4.69, 9.17) is 0 Å². The molecule has 26 heavy (non-hydrogen) atoms. The maximum atomic E-state index is 12.8. The van der Waals surface area contributed by atoms with E-state index in [-0.39, 0.29) is 0 Å². The second-order valence-corrected chi connectivity index (χ2v) is 9.15. The molecule has 1 atom stereocenters. The molecular weight excluding hydrogens is 348 g/mol. The Morgan fingerprint density at radius 1 is 1.19 bits per heavy atom. The number of benzene rings is 1. The average molecular weight is 381 g/mol. The molecule has 0 bridgehead atoms. The molecule has 1 unspecified atom stereocenters. The number of hydrogen-bond donors (Lipinski definition) is 2. The van der Waals surface area contributed by atoms with Crippen LogP contribution in [0.5, 0.6) is 0 Å². The number of nitrogens with one attached hydrogen (secondary N) is 2. The van der Waals surface area contributed by atoms with Crippen molar-refractivity contribution in [1.82, 2.24) is 14.9 Å². The summed E-state index contributed by atoms with van der Waals surface area (Å²) >= 11 is 0. The molecule has 2 rings (SSSR count). The van der Waals surface area contributed by atoms with Crippen LogP contribution in [0.4, 0.5) is 0 Å². The van der Waals surface area contributed by atoms with E-state index in [1.807, 2.05) is 6.07 Å². The van der Waals surface area contributed by atoms with E-state index in [0.29, 0.717) is 36.5 Å². The number of aliphatic imine (C=N–C) groups is 1. The molecule has 1 heterocycles. The molecule has 146 valence electrons. The summed E-state index contributed by atoms with van der Waals surface area (Å²) in [6.07, 6.45) is 2.99. The van der Waals surface area contributed by atoms with Gasteiger partial charge in [0.2, 0.25) is 10.0 Å². The lowest BCUT2D eigenvalue weighted by Crippen LogP contribution is -2.43. The zero-order chi connectivity index (χ0) is 19.2. The van der Waals surface area contributed by atoms with Crippen LogP contribution in [-0.2, 0) is 16.6 Å². The van der Waals surface area contributed by atoms with Gasteiger partial charge in [0.1, 0.15) is 0 Å². The number of hydrogen-bond acceptors (Lipinski definition) is 3. The fourth-order valence-corrected chi connectivity index (χ4v) is 4.42. The van der Waals surface area contributed by atoms with Gasteiger partial charge in [-0.05, 0) is 43.4 Å². The Bertz CT molecular complexity index is 710. The normalized spacial score (nSPS) is 18.0. The second-order valence-electron chi connectivity index (χ2n) is 7.21. The highest BCUT2D eigenvalue weighted by Crippen LogP contribution is 2.21. The highest BCUT2D eigenvalue weighted by atomic mass is 32.2. The highest BCUT2D eigenvalue weighted by molar-refractivity contribution is 7.89. The van der Waals surface area contributed by atoms with Crippen LogP contribution in [0.1, 0.15) is 45.6 Å². The molecule has 1 aliphatic heterocycles. The summed E-state index contributed by atoms with van der Waals surface area (Å²) in [5, 5.41) is 6.61. The van der Waals surface area contributed by atoms with Crippen molar-refractivity contribution in [2.24, 2.45) is 10.9 Å². The molecule has 6 nitrogen and oxygen atoms in total. The van der Waals surface area contributed by atoms with E-state index < -0.39 is 10.0 Å². The molecule has 0 aliphatic carbocycles. The molecule has 0 radical (unpaired) electrons. The van der Waals surface area contributed by atoms with Crippen molar-refractivity contribution in [3.8, 4) is 0 Å². The summed E-state index contributed by atoms with van der Waals surface area (Å²) < 4.78 is 27.3. The first-order valence-corrected chi connectivity index (χ1v) is 10.8. The summed E-state index contributed by atoms with van der Waals surface area (Å²) in [6.45, 7) is 8.18. The van der Waals surface area contributed by atoms with Gasteiger partial charge in [0.25, 0.3) is 0 Å². The van der Waals surface area contributed by atoms with Crippen LogP contribution >= 0.6 is 0 Å². The Balaban J connectivity index is 2.04. The van der Waals surface area contributed by atoms with E-state index >= 15 is 0 Å². The second kappa shape index (κ2) is 9.37. The third kappa shape index (κ3) is 5.45. The van der Waals surface area contributed by atoms with Crippen LogP contribution in [-0.4, -0.2) is 44.9 Å². The summed E-state index contributed by atoms with van der Waals surface area (Å²) in [4.78, 5) is 4.61. The van der Waals surface area contributed by atoms with Crippen molar-refractivity contribution in [3.05, 3.63) is 29.8 Å². The van der Waals surface area contributed by atoms with Crippen LogP contribution in [0.15, 0.2) is 34.2 Å². The van der Waals surface area contributed by atoms with E-state index in [0.717, 1.165) is 30.8 Å². The van der Waals surface area contributed by atoms with Gasteiger partial charge in [0.15, 0.2) is 5.96 Å². The first kappa shape index (κ1) is 20.7. The van der Waals surface area contributed by atoms with Crippen LogP contribution in [0.2, 0.25) is 0 Å². The maximum absolute atomic E-state index is 12.8. The predicted octanol–water partition coefficient (Wildman–Crippen LogP) is 2.57. The van der Waals surface area contributed by atoms with Crippen molar-refractivity contribution in [3.63, 3.8) is 0 Å². The number of sulfonamides is 1. The standard InChI is InChI=1S/C19H32N4O2S/c1-15(2)16(3)22-19(20-4)21-14-17-9-8-10-18(13-17)26(24,25)23-11-6-5-7-12-23/h8-10,13,15-16H,5-7,11-12,14H2,1-4H3,(H2,20,21,22). The molecule has 0 saturated carbocycles. The Morgan fingerprint density at radius 3 is 2.50 bits per heavy atom. The van der Waals surface area contributed by atoms with Crippen molar-refractivity contribution < 1.29 is 8.42 Å². The minimum atomic E-state index is -3.40.